The van der Waals surface area contributed by atoms with Gasteiger partial charge < -0.3 is 34.3 Å². The molecule has 2 rings (SSSR count). The molecule has 0 spiro atoms. The second-order valence-corrected chi connectivity index (χ2v) is 10.8. The van der Waals surface area contributed by atoms with Crippen LogP contribution in [0.15, 0.2) is 0 Å². The number of hydrogen-bond donors (Lipinski definition) is 0. The molecule has 0 radical (unpaired) electrons. The quantitative estimate of drug-likeness (QED) is 0.402. The molecule has 12 nitrogen and oxygen atoms in total. The Morgan fingerprint density at radius 1 is 0.325 bits per heavy atom. The summed E-state index contributed by atoms with van der Waals surface area (Å²) >= 11 is 0. The van der Waals surface area contributed by atoms with Gasteiger partial charge in [-0.2, -0.15) is 0 Å². The molecule has 2 fully saturated rings. The van der Waals surface area contributed by atoms with Gasteiger partial charge in [0.1, 0.15) is 0 Å². The fourth-order valence-corrected chi connectivity index (χ4v) is 4.70. The molecule has 2 heterocycles. The molecule has 2 saturated heterocycles. The maximum atomic E-state index is 11.8. The number of amides is 5. The highest BCUT2D eigenvalue weighted by Gasteiger charge is 2.18. The number of hydrogen-bond acceptors (Lipinski definition) is 7. The van der Waals surface area contributed by atoms with Crippen LogP contribution in [0.3, 0.4) is 0 Å². The standard InChI is InChI=1S/C17H32N4O3.C11H21N3O2/c1-15(22)19-9-6-10-21(17(3)24)14-13-20(16(2)23)8-5-7-18(4)11-12-19;1-10(15)13-6-4-12(3)5-7-14(9-8-13)11(2)16/h5-14H2,1-4H3;4-9H2,1-3H3. The van der Waals surface area contributed by atoms with Crippen LogP contribution >= 0.6 is 0 Å². The van der Waals surface area contributed by atoms with E-state index in [1.807, 2.05) is 23.9 Å². The first-order valence-electron chi connectivity index (χ1n) is 14.5. The van der Waals surface area contributed by atoms with E-state index in [4.69, 9.17) is 0 Å². The molecular weight excluding hydrogens is 514 g/mol. The second-order valence-electron chi connectivity index (χ2n) is 10.8. The summed E-state index contributed by atoms with van der Waals surface area (Å²) in [5.41, 5.74) is 0. The first-order valence-corrected chi connectivity index (χ1v) is 14.5. The smallest absolute Gasteiger partial charge is 0.219 e. The monoisotopic (exact) mass is 567 g/mol. The molecule has 0 atom stereocenters. The van der Waals surface area contributed by atoms with Gasteiger partial charge in [-0.1, -0.05) is 0 Å². The molecule has 12 heteroatoms. The van der Waals surface area contributed by atoms with Gasteiger partial charge in [0.2, 0.25) is 29.5 Å². The van der Waals surface area contributed by atoms with Gasteiger partial charge in [0.05, 0.1) is 0 Å². The Bertz CT molecular complexity index is 814. The van der Waals surface area contributed by atoms with E-state index in [0.717, 1.165) is 52.1 Å². The van der Waals surface area contributed by atoms with Crippen LogP contribution in [0.25, 0.3) is 0 Å². The van der Waals surface area contributed by atoms with E-state index >= 15 is 0 Å². The molecule has 0 saturated carbocycles. The zero-order valence-corrected chi connectivity index (χ0v) is 26.0. The van der Waals surface area contributed by atoms with E-state index in [-0.39, 0.29) is 29.5 Å². The van der Waals surface area contributed by atoms with Crippen molar-refractivity contribution in [3.8, 4) is 0 Å². The Kier molecular flexibility index (Phi) is 16.4. The number of nitrogens with zero attached hydrogens (tertiary/aromatic N) is 7. The van der Waals surface area contributed by atoms with E-state index < -0.39 is 0 Å². The Labute approximate surface area is 241 Å². The summed E-state index contributed by atoms with van der Waals surface area (Å²) in [6, 6.07) is 0. The zero-order valence-electron chi connectivity index (χ0n) is 26.0. The molecule has 0 bridgehead atoms. The molecule has 2 aliphatic rings. The predicted octanol–water partition coefficient (Wildman–Crippen LogP) is -0.114. The van der Waals surface area contributed by atoms with Crippen LogP contribution in [0.4, 0.5) is 0 Å². The predicted molar refractivity (Wildman–Crippen MR) is 155 cm³/mol. The van der Waals surface area contributed by atoms with E-state index in [1.54, 1.807) is 49.3 Å². The Hall–Kier alpha value is -2.73. The SMILES string of the molecule is CC(=O)N1CCCN(C(C)=O)CCN(C(C)=O)CCCN(C)CC1.CC(=O)N1CCN(C)CCN(C(C)=O)CC1. The van der Waals surface area contributed by atoms with Crippen LogP contribution in [0.2, 0.25) is 0 Å². The van der Waals surface area contributed by atoms with Crippen molar-refractivity contribution in [2.75, 3.05) is 106 Å². The van der Waals surface area contributed by atoms with E-state index in [9.17, 15) is 24.0 Å². The van der Waals surface area contributed by atoms with Gasteiger partial charge in [-0.15, -0.1) is 0 Å². The third-order valence-corrected chi connectivity index (χ3v) is 7.59. The lowest BCUT2D eigenvalue weighted by molar-refractivity contribution is -0.133. The van der Waals surface area contributed by atoms with Gasteiger partial charge in [-0.05, 0) is 33.5 Å². The van der Waals surface area contributed by atoms with E-state index in [0.29, 0.717) is 52.4 Å². The fourth-order valence-electron chi connectivity index (χ4n) is 4.70. The summed E-state index contributed by atoms with van der Waals surface area (Å²) in [7, 11) is 4.06. The average molecular weight is 568 g/mol. The van der Waals surface area contributed by atoms with Gasteiger partial charge in [0.15, 0.2) is 0 Å². The van der Waals surface area contributed by atoms with Crippen LogP contribution in [0.5, 0.6) is 0 Å². The van der Waals surface area contributed by atoms with Crippen LogP contribution in [-0.4, -0.2) is 170 Å². The van der Waals surface area contributed by atoms with Gasteiger partial charge in [-0.25, -0.2) is 0 Å². The Morgan fingerprint density at radius 3 is 0.800 bits per heavy atom. The molecule has 0 unspecified atom stereocenters. The van der Waals surface area contributed by atoms with Gasteiger partial charge >= 0.3 is 0 Å². The van der Waals surface area contributed by atoms with E-state index in [1.165, 1.54) is 0 Å². The fraction of sp³-hybridized carbons (Fsp3) is 0.821. The number of carbonyl (C=O) groups excluding carboxylic acids is 5. The summed E-state index contributed by atoms with van der Waals surface area (Å²) in [6.07, 6.45) is 1.64. The minimum Gasteiger partial charge on any atom is -0.342 e. The maximum absolute atomic E-state index is 11.8. The molecule has 2 aliphatic heterocycles. The molecule has 0 N–H and O–H groups in total. The lowest BCUT2D eigenvalue weighted by atomic mass is 10.3. The average Bonchev–Trinajstić information content (AvgIpc) is 2.96. The first kappa shape index (κ1) is 35.3. The molecule has 5 amide bonds. The van der Waals surface area contributed by atoms with Crippen LogP contribution in [0.1, 0.15) is 47.5 Å². The summed E-state index contributed by atoms with van der Waals surface area (Å²) in [6.45, 7) is 17.9. The first-order chi connectivity index (χ1) is 18.8. The topological polar surface area (TPSA) is 108 Å². The maximum Gasteiger partial charge on any atom is 0.219 e. The minimum absolute atomic E-state index is 0.0136. The van der Waals surface area contributed by atoms with Crippen molar-refractivity contribution in [1.82, 2.24) is 34.3 Å². The van der Waals surface area contributed by atoms with Crippen LogP contribution in [0, 0.1) is 0 Å². The summed E-state index contributed by atoms with van der Waals surface area (Å²) in [5, 5.41) is 0. The van der Waals surface area contributed by atoms with Crippen LogP contribution in [-0.2, 0) is 24.0 Å². The lowest BCUT2D eigenvalue weighted by Crippen LogP contribution is -2.43. The number of rotatable bonds is 0. The largest absolute Gasteiger partial charge is 0.342 e. The molecule has 40 heavy (non-hydrogen) atoms. The molecule has 230 valence electrons. The molecule has 0 aromatic carbocycles. The third-order valence-electron chi connectivity index (χ3n) is 7.59. The normalized spacial score (nSPS) is 19.8. The second kappa shape index (κ2) is 18.6. The Balaban J connectivity index is 0.000000433. The highest BCUT2D eigenvalue weighted by atomic mass is 16.2. The van der Waals surface area contributed by atoms with Gasteiger partial charge in [0, 0.05) is 120 Å². The molecule has 0 aliphatic carbocycles. The number of likely N-dealkylation sites (N-methyl/N-ethyl adjacent to an activating group) is 2. The molecular formula is C28H53N7O5. The highest BCUT2D eigenvalue weighted by molar-refractivity contribution is 5.75. The van der Waals surface area contributed by atoms with Crippen molar-refractivity contribution >= 4 is 29.5 Å². The van der Waals surface area contributed by atoms with Crippen molar-refractivity contribution in [2.24, 2.45) is 0 Å². The summed E-state index contributed by atoms with van der Waals surface area (Å²) in [5.74, 6) is 0.306. The number of carbonyl (C=O) groups is 5. The highest BCUT2D eigenvalue weighted by Crippen LogP contribution is 2.03. The summed E-state index contributed by atoms with van der Waals surface area (Å²) in [4.78, 5) is 71.5. The van der Waals surface area contributed by atoms with Crippen molar-refractivity contribution in [1.29, 1.82) is 0 Å². The summed E-state index contributed by atoms with van der Waals surface area (Å²) < 4.78 is 0. The Morgan fingerprint density at radius 2 is 0.525 bits per heavy atom. The van der Waals surface area contributed by atoms with Crippen LogP contribution < -0.4 is 0 Å². The van der Waals surface area contributed by atoms with Gasteiger partial charge in [0.25, 0.3) is 0 Å². The van der Waals surface area contributed by atoms with Crippen molar-refractivity contribution in [3.05, 3.63) is 0 Å². The molecule has 0 aromatic heterocycles. The molecule has 0 aromatic rings. The van der Waals surface area contributed by atoms with Crippen molar-refractivity contribution < 1.29 is 24.0 Å². The van der Waals surface area contributed by atoms with Gasteiger partial charge in [-0.3, -0.25) is 24.0 Å². The van der Waals surface area contributed by atoms with E-state index in [2.05, 4.69) is 9.80 Å². The lowest BCUT2D eigenvalue weighted by Gasteiger charge is -2.30. The van der Waals surface area contributed by atoms with Crippen molar-refractivity contribution in [2.45, 2.75) is 47.5 Å². The third kappa shape index (κ3) is 14.1. The van der Waals surface area contributed by atoms with Crippen molar-refractivity contribution in [3.63, 3.8) is 0 Å². The zero-order chi connectivity index (χ0) is 30.2. The minimum atomic E-state index is 0.0136.